The van der Waals surface area contributed by atoms with Crippen molar-refractivity contribution >= 4 is 39.5 Å². The lowest BCUT2D eigenvalue weighted by Gasteiger charge is -2.40. The Balaban J connectivity index is 1.17. The van der Waals surface area contributed by atoms with Gasteiger partial charge in [0, 0.05) is 60.0 Å². The first-order valence-electron chi connectivity index (χ1n) is 14.0. The lowest BCUT2D eigenvalue weighted by Crippen LogP contribution is -2.55. The molecule has 5 rings (SSSR count). The van der Waals surface area contributed by atoms with E-state index in [0.717, 1.165) is 44.6 Å². The van der Waals surface area contributed by atoms with Gasteiger partial charge in [-0.3, -0.25) is 14.2 Å². The molecule has 2 amide bonds. The lowest BCUT2D eigenvalue weighted by molar-refractivity contribution is -0.133. The number of aromatic nitrogens is 3. The van der Waals surface area contributed by atoms with Gasteiger partial charge in [-0.15, -0.1) is 10.2 Å². The third-order valence-corrected chi connectivity index (χ3v) is 8.88. The summed E-state index contributed by atoms with van der Waals surface area (Å²) < 4.78 is 8.36. The minimum Gasteiger partial charge on any atom is -0.497 e. The highest BCUT2D eigenvalue weighted by Crippen LogP contribution is 2.26. The fourth-order valence-corrected chi connectivity index (χ4v) is 6.24. The van der Waals surface area contributed by atoms with Gasteiger partial charge in [-0.1, -0.05) is 58.0 Å². The normalized spacial score (nSPS) is 15.1. The van der Waals surface area contributed by atoms with E-state index in [2.05, 4.69) is 42.8 Å². The summed E-state index contributed by atoms with van der Waals surface area (Å²) in [5.41, 5.74) is 2.79. The van der Waals surface area contributed by atoms with E-state index in [0.29, 0.717) is 38.0 Å². The highest BCUT2D eigenvalue weighted by molar-refractivity contribution is 9.10. The Morgan fingerprint density at radius 1 is 0.976 bits per heavy atom. The van der Waals surface area contributed by atoms with E-state index in [-0.39, 0.29) is 17.9 Å². The fourth-order valence-electron chi connectivity index (χ4n) is 5.07. The number of hydrogen-bond acceptors (Lipinski definition) is 6. The van der Waals surface area contributed by atoms with Crippen molar-refractivity contribution in [3.63, 3.8) is 0 Å². The van der Waals surface area contributed by atoms with Gasteiger partial charge in [0.15, 0.2) is 5.16 Å². The molecule has 1 aromatic heterocycles. The fraction of sp³-hybridized carbons (Fsp3) is 0.312. The third-order valence-electron chi connectivity index (χ3n) is 7.33. The zero-order chi connectivity index (χ0) is 29.5. The molecule has 8 nitrogen and oxygen atoms in total. The Morgan fingerprint density at radius 3 is 2.40 bits per heavy atom. The highest BCUT2D eigenvalue weighted by atomic mass is 79.9. The summed E-state index contributed by atoms with van der Waals surface area (Å²) in [6, 6.07) is 25.5. The molecule has 4 aromatic rings. The number of halogens is 1. The summed E-state index contributed by atoms with van der Waals surface area (Å²) in [6.07, 6.45) is 1.83. The van der Waals surface area contributed by atoms with Crippen LogP contribution >= 0.6 is 27.7 Å². The third kappa shape index (κ3) is 7.22. The summed E-state index contributed by atoms with van der Waals surface area (Å²) in [4.78, 5) is 29.8. The molecule has 1 atom stereocenters. The number of hydrogen-bond donors (Lipinski definition) is 0. The number of carbonyl (C=O) groups is 2. The Morgan fingerprint density at radius 2 is 1.71 bits per heavy atom. The summed E-state index contributed by atoms with van der Waals surface area (Å²) in [7, 11) is 1.65. The number of carbonyl (C=O) groups excluding carboxylic acids is 2. The Kier molecular flexibility index (Phi) is 9.97. The summed E-state index contributed by atoms with van der Waals surface area (Å²) in [5, 5.41) is 9.83. The maximum absolute atomic E-state index is 13.1. The Bertz CT molecular complexity index is 1500. The van der Waals surface area contributed by atoms with E-state index in [4.69, 9.17) is 4.74 Å². The van der Waals surface area contributed by atoms with Crippen molar-refractivity contribution in [2.45, 2.75) is 37.4 Å². The van der Waals surface area contributed by atoms with Crippen molar-refractivity contribution in [1.29, 1.82) is 0 Å². The van der Waals surface area contributed by atoms with Gasteiger partial charge in [0.25, 0.3) is 5.91 Å². The largest absolute Gasteiger partial charge is 0.497 e. The van der Waals surface area contributed by atoms with Crippen molar-refractivity contribution in [1.82, 2.24) is 24.6 Å². The standard InChI is InChI=1S/C32H34BrN5O3S/c1-23-22-36(18-19-37(23)31(40)25-10-12-26(33)13-11-25)30(39)9-6-20-42-32-35-34-29(21-24-7-4-3-5-8-24)38(32)27-14-16-28(41-2)17-15-27/h3-5,7-8,10-17,23H,6,9,18-22H2,1-2H3. The van der Waals surface area contributed by atoms with Crippen molar-refractivity contribution in [2.75, 3.05) is 32.5 Å². The van der Waals surface area contributed by atoms with E-state index < -0.39 is 0 Å². The summed E-state index contributed by atoms with van der Waals surface area (Å²) >= 11 is 5.02. The van der Waals surface area contributed by atoms with Crippen LogP contribution < -0.4 is 4.74 Å². The molecule has 0 N–H and O–H groups in total. The van der Waals surface area contributed by atoms with Gasteiger partial charge in [-0.2, -0.15) is 0 Å². The molecule has 0 spiro atoms. The maximum atomic E-state index is 13.1. The van der Waals surface area contributed by atoms with E-state index in [1.807, 2.05) is 83.5 Å². The van der Waals surface area contributed by atoms with Crippen LogP contribution in [0.2, 0.25) is 0 Å². The van der Waals surface area contributed by atoms with Crippen LogP contribution in [-0.4, -0.2) is 74.9 Å². The first-order valence-corrected chi connectivity index (χ1v) is 15.8. The minimum atomic E-state index is -0.0423. The zero-order valence-electron chi connectivity index (χ0n) is 23.8. The van der Waals surface area contributed by atoms with Gasteiger partial charge in [0.05, 0.1) is 7.11 Å². The number of amides is 2. The second-order valence-electron chi connectivity index (χ2n) is 10.2. The molecule has 0 saturated carbocycles. The first kappa shape index (κ1) is 29.8. The number of benzene rings is 3. The van der Waals surface area contributed by atoms with Crippen molar-refractivity contribution in [2.24, 2.45) is 0 Å². The van der Waals surface area contributed by atoms with Gasteiger partial charge < -0.3 is 14.5 Å². The van der Waals surface area contributed by atoms with Crippen LogP contribution in [-0.2, 0) is 11.2 Å². The van der Waals surface area contributed by atoms with E-state index in [9.17, 15) is 9.59 Å². The van der Waals surface area contributed by atoms with Crippen LogP contribution in [0.5, 0.6) is 5.75 Å². The molecular weight excluding hydrogens is 614 g/mol. The lowest BCUT2D eigenvalue weighted by atomic mass is 10.1. The second kappa shape index (κ2) is 14.0. The van der Waals surface area contributed by atoms with Gasteiger partial charge in [0.1, 0.15) is 11.6 Å². The topological polar surface area (TPSA) is 80.6 Å². The van der Waals surface area contributed by atoms with E-state index >= 15 is 0 Å². The molecule has 1 saturated heterocycles. The molecular formula is C32H34BrN5O3S. The van der Waals surface area contributed by atoms with Crippen LogP contribution in [0.25, 0.3) is 5.69 Å². The van der Waals surface area contributed by atoms with Gasteiger partial charge in [-0.05, 0) is 67.4 Å². The van der Waals surface area contributed by atoms with Crippen LogP contribution in [0.1, 0.15) is 41.5 Å². The predicted octanol–water partition coefficient (Wildman–Crippen LogP) is 5.87. The average Bonchev–Trinajstić information content (AvgIpc) is 3.41. The van der Waals surface area contributed by atoms with Gasteiger partial charge in [0.2, 0.25) is 5.91 Å². The summed E-state index contributed by atoms with van der Waals surface area (Å²) in [5.74, 6) is 2.51. The van der Waals surface area contributed by atoms with Crippen molar-refractivity contribution in [3.05, 3.63) is 100 Å². The van der Waals surface area contributed by atoms with Crippen molar-refractivity contribution in [3.8, 4) is 11.4 Å². The van der Waals surface area contributed by atoms with E-state index in [1.54, 1.807) is 18.9 Å². The van der Waals surface area contributed by atoms with Crippen LogP contribution in [0.3, 0.4) is 0 Å². The van der Waals surface area contributed by atoms with Crippen LogP contribution in [0.4, 0.5) is 0 Å². The molecule has 3 aromatic carbocycles. The quantitative estimate of drug-likeness (QED) is 0.158. The van der Waals surface area contributed by atoms with Gasteiger partial charge >= 0.3 is 0 Å². The molecule has 1 aliphatic rings. The number of rotatable bonds is 10. The number of piperazine rings is 1. The van der Waals surface area contributed by atoms with E-state index in [1.165, 1.54) is 0 Å². The average molecular weight is 649 g/mol. The van der Waals surface area contributed by atoms with Gasteiger partial charge in [-0.25, -0.2) is 0 Å². The number of ether oxygens (including phenoxy) is 1. The summed E-state index contributed by atoms with van der Waals surface area (Å²) in [6.45, 7) is 3.63. The zero-order valence-corrected chi connectivity index (χ0v) is 26.2. The van der Waals surface area contributed by atoms with Crippen LogP contribution in [0.15, 0.2) is 88.5 Å². The monoisotopic (exact) mass is 647 g/mol. The Labute approximate surface area is 259 Å². The molecule has 1 fully saturated rings. The number of nitrogens with zero attached hydrogens (tertiary/aromatic N) is 5. The number of methoxy groups -OCH3 is 1. The first-order chi connectivity index (χ1) is 20.4. The highest BCUT2D eigenvalue weighted by Gasteiger charge is 2.30. The molecule has 1 unspecified atom stereocenters. The molecule has 0 aliphatic carbocycles. The maximum Gasteiger partial charge on any atom is 0.254 e. The predicted molar refractivity (Wildman–Crippen MR) is 168 cm³/mol. The smallest absolute Gasteiger partial charge is 0.254 e. The Hall–Kier alpha value is -3.63. The SMILES string of the molecule is COc1ccc(-n2c(Cc3ccccc3)nnc2SCCCC(=O)N2CCN(C(=O)c3ccc(Br)cc3)C(C)C2)cc1. The second-order valence-corrected chi connectivity index (χ2v) is 12.2. The molecule has 42 heavy (non-hydrogen) atoms. The minimum absolute atomic E-state index is 0.00565. The van der Waals surface area contributed by atoms with Crippen molar-refractivity contribution < 1.29 is 14.3 Å². The number of thioether (sulfide) groups is 1. The molecule has 218 valence electrons. The van der Waals surface area contributed by atoms with Crippen LogP contribution in [0, 0.1) is 0 Å². The molecule has 10 heteroatoms. The molecule has 0 bridgehead atoms. The molecule has 1 aliphatic heterocycles. The molecule has 2 heterocycles. The molecule has 0 radical (unpaired) electrons.